The molecule has 0 atom stereocenters. The minimum absolute atomic E-state index is 0.0379. The van der Waals surface area contributed by atoms with Crippen molar-refractivity contribution in [3.63, 3.8) is 0 Å². The van der Waals surface area contributed by atoms with Crippen molar-refractivity contribution >= 4 is 45.9 Å². The first-order valence-corrected chi connectivity index (χ1v) is 18.4. The molecule has 3 aromatic carbocycles. The molecule has 0 spiro atoms. The van der Waals surface area contributed by atoms with Crippen LogP contribution in [-0.4, -0.2) is 71.1 Å². The van der Waals surface area contributed by atoms with Gasteiger partial charge in [0.05, 0.1) is 18.2 Å². The van der Waals surface area contributed by atoms with Gasteiger partial charge in [0.1, 0.15) is 16.6 Å². The number of anilines is 2. The number of rotatable bonds is 10. The zero-order chi connectivity index (χ0) is 37.9. The Kier molecular flexibility index (Phi) is 11.2. The van der Waals surface area contributed by atoms with Crippen LogP contribution in [0.3, 0.4) is 0 Å². The molecule has 10 nitrogen and oxygen atoms in total. The van der Waals surface area contributed by atoms with Crippen molar-refractivity contribution in [2.45, 2.75) is 64.5 Å². The first-order valence-electron chi connectivity index (χ1n) is 17.6. The fourth-order valence-corrected chi connectivity index (χ4v) is 8.33. The van der Waals surface area contributed by atoms with Gasteiger partial charge in [0.2, 0.25) is 0 Å². The van der Waals surface area contributed by atoms with E-state index in [0.29, 0.717) is 60.7 Å². The first-order chi connectivity index (χ1) is 25.3. The molecule has 4 aromatic rings. The highest BCUT2D eigenvalue weighted by atomic mass is 32.1. The monoisotopic (exact) mass is 744 g/mol. The summed E-state index contributed by atoms with van der Waals surface area (Å²) in [6.45, 7) is 5.84. The predicted molar refractivity (Wildman–Crippen MR) is 199 cm³/mol. The van der Waals surface area contributed by atoms with E-state index in [4.69, 9.17) is 4.74 Å². The Morgan fingerprint density at radius 1 is 0.868 bits per heavy atom. The average Bonchev–Trinajstić information content (AvgIpc) is 3.49. The van der Waals surface area contributed by atoms with Gasteiger partial charge >= 0.3 is 12.1 Å². The molecular formula is C40H42F2N4O6S. The maximum Gasteiger partial charge on any atom is 0.407 e. The standard InChI is InChI=1S/C40H42F2N4O6S/c1-40(2)23-45(39(50)51)17-18-46(40)22-25-7-6-8-27(19-25)35(47)44-37-34(30-9-4-5-10-33(30)53-37)36(48)43-28-20-31(41)29(32(42)21-28)16-13-24-11-14-26(15-12-24)38(49)52-3/h6-8,11-12,14-15,19-21H,4-5,9-10,13,16-18,22-23H2,1-3H3,(H,43,48)(H,44,47)(H,50,51). The van der Waals surface area contributed by atoms with Crippen molar-refractivity contribution in [3.05, 3.63) is 116 Å². The number of amides is 3. The number of nitrogens with zero attached hydrogens (tertiary/aromatic N) is 2. The van der Waals surface area contributed by atoms with Crippen molar-refractivity contribution < 1.29 is 37.8 Å². The van der Waals surface area contributed by atoms with E-state index in [2.05, 4.69) is 15.5 Å². The normalized spacial score (nSPS) is 15.4. The molecule has 3 N–H and O–H groups in total. The summed E-state index contributed by atoms with van der Waals surface area (Å²) in [6.07, 6.45) is 2.70. The zero-order valence-corrected chi connectivity index (χ0v) is 30.7. The minimum atomic E-state index is -0.939. The summed E-state index contributed by atoms with van der Waals surface area (Å²) in [6, 6.07) is 16.0. The molecule has 6 rings (SSSR count). The summed E-state index contributed by atoms with van der Waals surface area (Å²) in [7, 11) is 1.29. The molecule has 0 unspecified atom stereocenters. The number of aryl methyl sites for hydroxylation is 2. The van der Waals surface area contributed by atoms with E-state index < -0.39 is 41.1 Å². The zero-order valence-electron chi connectivity index (χ0n) is 29.9. The number of hydrogen-bond acceptors (Lipinski definition) is 7. The van der Waals surface area contributed by atoms with Gasteiger partial charge in [-0.25, -0.2) is 18.4 Å². The van der Waals surface area contributed by atoms with Crippen molar-refractivity contribution in [2.75, 3.05) is 37.4 Å². The second-order valence-electron chi connectivity index (χ2n) is 14.1. The van der Waals surface area contributed by atoms with E-state index >= 15 is 8.78 Å². The van der Waals surface area contributed by atoms with Gasteiger partial charge in [-0.3, -0.25) is 14.5 Å². The van der Waals surface area contributed by atoms with Crippen LogP contribution in [0.25, 0.3) is 0 Å². The quantitative estimate of drug-likeness (QED) is 0.143. The number of carbonyl (C=O) groups excluding carboxylic acids is 3. The highest BCUT2D eigenvalue weighted by Gasteiger charge is 2.35. The molecule has 2 aliphatic rings. The van der Waals surface area contributed by atoms with Crippen LogP contribution in [-0.2, 0) is 37.0 Å². The van der Waals surface area contributed by atoms with Gasteiger partial charge in [0.15, 0.2) is 0 Å². The largest absolute Gasteiger partial charge is 0.465 e. The summed E-state index contributed by atoms with van der Waals surface area (Å²) < 4.78 is 35.2. The number of ether oxygens (including phenoxy) is 1. The van der Waals surface area contributed by atoms with Crippen molar-refractivity contribution in [3.8, 4) is 0 Å². The molecule has 53 heavy (non-hydrogen) atoms. The number of carbonyl (C=O) groups is 4. The molecule has 3 amide bonds. The van der Waals surface area contributed by atoms with Crippen LogP contribution in [0.2, 0.25) is 0 Å². The minimum Gasteiger partial charge on any atom is -0.465 e. The van der Waals surface area contributed by atoms with E-state index in [1.807, 2.05) is 19.9 Å². The van der Waals surface area contributed by atoms with Gasteiger partial charge < -0.3 is 25.4 Å². The fraction of sp³-hybridized carbons (Fsp3) is 0.350. The number of hydrogen-bond donors (Lipinski definition) is 3. The Morgan fingerprint density at radius 2 is 1.58 bits per heavy atom. The lowest BCUT2D eigenvalue weighted by atomic mass is 9.95. The lowest BCUT2D eigenvalue weighted by Crippen LogP contribution is -2.59. The Balaban J connectivity index is 1.15. The first kappa shape index (κ1) is 37.6. The van der Waals surface area contributed by atoms with Gasteiger partial charge in [0.25, 0.3) is 11.8 Å². The summed E-state index contributed by atoms with van der Waals surface area (Å²) >= 11 is 1.35. The average molecular weight is 745 g/mol. The van der Waals surface area contributed by atoms with Crippen LogP contribution in [0.15, 0.2) is 60.7 Å². The molecule has 1 fully saturated rings. The number of piperazine rings is 1. The van der Waals surface area contributed by atoms with Crippen molar-refractivity contribution in [1.82, 2.24) is 9.80 Å². The Hall–Kier alpha value is -5.14. The molecule has 1 saturated heterocycles. The smallest absolute Gasteiger partial charge is 0.407 e. The van der Waals surface area contributed by atoms with Crippen LogP contribution in [0.4, 0.5) is 24.3 Å². The van der Waals surface area contributed by atoms with Crippen LogP contribution < -0.4 is 10.6 Å². The highest BCUT2D eigenvalue weighted by Crippen LogP contribution is 2.39. The maximum atomic E-state index is 15.3. The van der Waals surface area contributed by atoms with Crippen LogP contribution >= 0.6 is 11.3 Å². The third kappa shape index (κ3) is 8.58. The van der Waals surface area contributed by atoms with E-state index in [9.17, 15) is 24.3 Å². The lowest BCUT2D eigenvalue weighted by Gasteiger charge is -2.46. The van der Waals surface area contributed by atoms with Gasteiger partial charge in [-0.2, -0.15) is 0 Å². The number of esters is 1. The van der Waals surface area contributed by atoms with Crippen LogP contribution in [0, 0.1) is 11.6 Å². The van der Waals surface area contributed by atoms with Crippen LogP contribution in [0.1, 0.15) is 84.9 Å². The van der Waals surface area contributed by atoms with Gasteiger partial charge in [0, 0.05) is 53.4 Å². The number of fused-ring (bicyclic) bond motifs is 1. The predicted octanol–water partition coefficient (Wildman–Crippen LogP) is 7.56. The summed E-state index contributed by atoms with van der Waals surface area (Å²) in [4.78, 5) is 55.3. The van der Waals surface area contributed by atoms with E-state index in [1.165, 1.54) is 23.3 Å². The Labute approximate surface area is 310 Å². The summed E-state index contributed by atoms with van der Waals surface area (Å²) in [5, 5.41) is 15.5. The highest BCUT2D eigenvalue weighted by molar-refractivity contribution is 7.17. The molecular weight excluding hydrogens is 703 g/mol. The number of benzene rings is 3. The third-order valence-electron chi connectivity index (χ3n) is 9.97. The molecule has 1 aliphatic heterocycles. The second kappa shape index (κ2) is 15.8. The number of thiophene rings is 1. The van der Waals surface area contributed by atoms with Gasteiger partial charge in [-0.05, 0) is 105 Å². The molecule has 0 saturated carbocycles. The Bertz CT molecular complexity index is 2020. The molecule has 13 heteroatoms. The number of halogens is 2. The van der Waals surface area contributed by atoms with Gasteiger partial charge in [-0.1, -0.05) is 24.3 Å². The van der Waals surface area contributed by atoms with E-state index in [1.54, 1.807) is 42.5 Å². The fourth-order valence-electron chi connectivity index (χ4n) is 7.05. The molecule has 1 aromatic heterocycles. The number of nitrogens with one attached hydrogen (secondary N) is 2. The summed E-state index contributed by atoms with van der Waals surface area (Å²) in [5.41, 5.74) is 3.04. The summed E-state index contributed by atoms with van der Waals surface area (Å²) in [5.74, 6) is -3.01. The third-order valence-corrected chi connectivity index (χ3v) is 11.2. The van der Waals surface area contributed by atoms with Gasteiger partial charge in [-0.15, -0.1) is 11.3 Å². The topological polar surface area (TPSA) is 128 Å². The molecule has 1 aliphatic carbocycles. The van der Waals surface area contributed by atoms with E-state index in [0.717, 1.165) is 53.0 Å². The molecule has 0 bridgehead atoms. The van der Waals surface area contributed by atoms with Crippen LogP contribution in [0.5, 0.6) is 0 Å². The molecule has 0 radical (unpaired) electrons. The van der Waals surface area contributed by atoms with Crippen molar-refractivity contribution in [1.29, 1.82) is 0 Å². The number of carboxylic acid groups (broad SMARTS) is 1. The van der Waals surface area contributed by atoms with E-state index in [-0.39, 0.29) is 17.7 Å². The molecule has 2 heterocycles. The number of methoxy groups -OCH3 is 1. The molecule has 278 valence electrons. The maximum absolute atomic E-state index is 15.3. The second-order valence-corrected chi connectivity index (χ2v) is 15.2. The van der Waals surface area contributed by atoms with Crippen molar-refractivity contribution in [2.24, 2.45) is 0 Å². The Morgan fingerprint density at radius 3 is 2.26 bits per heavy atom. The SMILES string of the molecule is COC(=O)c1ccc(CCc2c(F)cc(NC(=O)c3c(NC(=O)c4cccc(CN5CCN(C(=O)O)CC5(C)C)c4)sc4c3CCCC4)cc2F)cc1. The lowest BCUT2D eigenvalue weighted by molar-refractivity contribution is 0.0180.